The minimum atomic E-state index is 0. The fraction of sp³-hybridized carbons (Fsp3) is 0.316. The minimum Gasteiger partial charge on any atom is -0.457 e. The predicted molar refractivity (Wildman–Crippen MR) is 113 cm³/mol. The molecule has 2 aromatic carbocycles. The zero-order chi connectivity index (χ0) is 17.0. The second-order valence-corrected chi connectivity index (χ2v) is 5.18. The van der Waals surface area contributed by atoms with Crippen LogP contribution in [0.15, 0.2) is 59.6 Å². The molecule has 0 aliphatic carbocycles. The SMILES string of the molecule is CCNC(=NCc1cccc(Oc2ccccc2)c1)NCCOC.I. The number of ether oxygens (including phenoxy) is 2. The summed E-state index contributed by atoms with van der Waals surface area (Å²) in [5, 5.41) is 6.45. The van der Waals surface area contributed by atoms with Crippen molar-refractivity contribution in [2.75, 3.05) is 26.8 Å². The third kappa shape index (κ3) is 8.22. The average molecular weight is 455 g/mol. The van der Waals surface area contributed by atoms with Crippen LogP contribution in [0.25, 0.3) is 0 Å². The van der Waals surface area contributed by atoms with Crippen molar-refractivity contribution in [3.05, 3.63) is 60.2 Å². The van der Waals surface area contributed by atoms with Gasteiger partial charge in [0.05, 0.1) is 13.2 Å². The second-order valence-electron chi connectivity index (χ2n) is 5.18. The number of hydrogen-bond acceptors (Lipinski definition) is 3. The van der Waals surface area contributed by atoms with E-state index in [0.29, 0.717) is 13.2 Å². The van der Waals surface area contributed by atoms with Crippen LogP contribution in [-0.2, 0) is 11.3 Å². The minimum absolute atomic E-state index is 0. The van der Waals surface area contributed by atoms with Crippen LogP contribution < -0.4 is 15.4 Å². The molecule has 6 heteroatoms. The molecular weight excluding hydrogens is 429 g/mol. The molecule has 25 heavy (non-hydrogen) atoms. The molecule has 0 radical (unpaired) electrons. The maximum atomic E-state index is 5.86. The number of guanidine groups is 1. The van der Waals surface area contributed by atoms with Gasteiger partial charge in [-0.15, -0.1) is 24.0 Å². The van der Waals surface area contributed by atoms with E-state index in [1.165, 1.54) is 0 Å². The highest BCUT2D eigenvalue weighted by Gasteiger charge is 2.00. The Morgan fingerprint density at radius 2 is 1.76 bits per heavy atom. The van der Waals surface area contributed by atoms with Gasteiger partial charge < -0.3 is 20.1 Å². The first-order chi connectivity index (χ1) is 11.8. The van der Waals surface area contributed by atoms with Gasteiger partial charge in [-0.25, -0.2) is 4.99 Å². The first-order valence-corrected chi connectivity index (χ1v) is 8.14. The summed E-state index contributed by atoms with van der Waals surface area (Å²) in [5.41, 5.74) is 1.09. The summed E-state index contributed by atoms with van der Waals surface area (Å²) in [6.07, 6.45) is 0. The van der Waals surface area contributed by atoms with Crippen LogP contribution >= 0.6 is 24.0 Å². The van der Waals surface area contributed by atoms with Crippen LogP contribution in [-0.4, -0.2) is 32.8 Å². The monoisotopic (exact) mass is 455 g/mol. The third-order valence-electron chi connectivity index (χ3n) is 3.24. The van der Waals surface area contributed by atoms with Gasteiger partial charge in [-0.05, 0) is 36.8 Å². The Kier molecular flexibility index (Phi) is 10.7. The molecule has 0 saturated carbocycles. The number of nitrogens with zero attached hydrogens (tertiary/aromatic N) is 1. The van der Waals surface area contributed by atoms with Crippen LogP contribution in [0.4, 0.5) is 0 Å². The number of rotatable bonds is 8. The number of halogens is 1. The third-order valence-corrected chi connectivity index (χ3v) is 3.24. The van der Waals surface area contributed by atoms with Crippen molar-refractivity contribution in [3.8, 4) is 11.5 Å². The normalized spacial score (nSPS) is 10.7. The molecular formula is C19H26IN3O2. The van der Waals surface area contributed by atoms with Crippen molar-refractivity contribution in [2.24, 2.45) is 4.99 Å². The zero-order valence-electron chi connectivity index (χ0n) is 14.7. The van der Waals surface area contributed by atoms with E-state index < -0.39 is 0 Å². The molecule has 2 aromatic rings. The lowest BCUT2D eigenvalue weighted by Crippen LogP contribution is -2.38. The molecule has 5 nitrogen and oxygen atoms in total. The lowest BCUT2D eigenvalue weighted by Gasteiger charge is -2.11. The van der Waals surface area contributed by atoms with Gasteiger partial charge in [0, 0.05) is 20.2 Å². The van der Waals surface area contributed by atoms with E-state index in [-0.39, 0.29) is 24.0 Å². The molecule has 0 unspecified atom stereocenters. The Morgan fingerprint density at radius 3 is 2.48 bits per heavy atom. The molecule has 2 N–H and O–H groups in total. The number of para-hydroxylation sites is 1. The van der Waals surface area contributed by atoms with Crippen molar-refractivity contribution in [1.29, 1.82) is 0 Å². The zero-order valence-corrected chi connectivity index (χ0v) is 17.0. The summed E-state index contributed by atoms with van der Waals surface area (Å²) in [6, 6.07) is 17.7. The van der Waals surface area contributed by atoms with E-state index in [1.54, 1.807) is 7.11 Å². The summed E-state index contributed by atoms with van der Waals surface area (Å²) in [6.45, 7) is 4.80. The van der Waals surface area contributed by atoms with Gasteiger partial charge in [0.25, 0.3) is 0 Å². The smallest absolute Gasteiger partial charge is 0.191 e. The van der Waals surface area contributed by atoms with Crippen LogP contribution in [0.5, 0.6) is 11.5 Å². The van der Waals surface area contributed by atoms with Crippen molar-refractivity contribution in [2.45, 2.75) is 13.5 Å². The first kappa shape index (κ1) is 21.2. The molecule has 0 aliphatic rings. The predicted octanol–water partition coefficient (Wildman–Crippen LogP) is 3.80. The lowest BCUT2D eigenvalue weighted by atomic mass is 10.2. The maximum Gasteiger partial charge on any atom is 0.191 e. The molecule has 0 fully saturated rings. The Bertz CT molecular complexity index is 636. The standard InChI is InChI=1S/C19H25N3O2.HI/c1-3-20-19(21-12-13-23-2)22-15-16-8-7-11-18(14-16)24-17-9-5-4-6-10-17;/h4-11,14H,3,12-13,15H2,1-2H3,(H2,20,21,22);1H. The highest BCUT2D eigenvalue weighted by atomic mass is 127. The van der Waals surface area contributed by atoms with Gasteiger partial charge in [0.15, 0.2) is 5.96 Å². The fourth-order valence-corrected chi connectivity index (χ4v) is 2.12. The average Bonchev–Trinajstić information content (AvgIpc) is 2.61. The molecule has 2 rings (SSSR count). The Hall–Kier alpha value is -1.80. The van der Waals surface area contributed by atoms with Crippen LogP contribution in [0.1, 0.15) is 12.5 Å². The highest BCUT2D eigenvalue weighted by Crippen LogP contribution is 2.22. The van der Waals surface area contributed by atoms with Gasteiger partial charge >= 0.3 is 0 Å². The maximum absolute atomic E-state index is 5.86. The Labute approximate surface area is 166 Å². The molecule has 0 saturated heterocycles. The largest absolute Gasteiger partial charge is 0.457 e. The van der Waals surface area contributed by atoms with E-state index in [1.807, 2.05) is 61.5 Å². The molecule has 0 bridgehead atoms. The number of nitrogens with one attached hydrogen (secondary N) is 2. The Balaban J connectivity index is 0.00000312. The first-order valence-electron chi connectivity index (χ1n) is 8.14. The van der Waals surface area contributed by atoms with Crippen molar-refractivity contribution in [3.63, 3.8) is 0 Å². The number of methoxy groups -OCH3 is 1. The van der Waals surface area contributed by atoms with Crippen LogP contribution in [0.3, 0.4) is 0 Å². The number of aliphatic imine (C=N–C) groups is 1. The Morgan fingerprint density at radius 1 is 1.00 bits per heavy atom. The van der Waals surface area contributed by atoms with Gasteiger partial charge in [-0.3, -0.25) is 0 Å². The summed E-state index contributed by atoms with van der Waals surface area (Å²) in [4.78, 5) is 4.59. The van der Waals surface area contributed by atoms with Crippen LogP contribution in [0, 0.1) is 0 Å². The molecule has 0 spiro atoms. The summed E-state index contributed by atoms with van der Waals surface area (Å²) >= 11 is 0. The summed E-state index contributed by atoms with van der Waals surface area (Å²) in [5.74, 6) is 2.42. The summed E-state index contributed by atoms with van der Waals surface area (Å²) in [7, 11) is 1.68. The highest BCUT2D eigenvalue weighted by molar-refractivity contribution is 14.0. The van der Waals surface area contributed by atoms with E-state index >= 15 is 0 Å². The van der Waals surface area contributed by atoms with Gasteiger partial charge in [-0.2, -0.15) is 0 Å². The van der Waals surface area contributed by atoms with Crippen LogP contribution in [0.2, 0.25) is 0 Å². The lowest BCUT2D eigenvalue weighted by molar-refractivity contribution is 0.203. The topological polar surface area (TPSA) is 54.9 Å². The fourth-order valence-electron chi connectivity index (χ4n) is 2.12. The van der Waals surface area contributed by atoms with E-state index in [9.17, 15) is 0 Å². The van der Waals surface area contributed by atoms with E-state index in [4.69, 9.17) is 9.47 Å². The quantitative estimate of drug-likeness (QED) is 0.275. The molecule has 0 atom stereocenters. The molecule has 0 heterocycles. The van der Waals surface area contributed by atoms with E-state index in [2.05, 4.69) is 15.6 Å². The van der Waals surface area contributed by atoms with E-state index in [0.717, 1.165) is 36.1 Å². The van der Waals surface area contributed by atoms with Gasteiger partial charge in [-0.1, -0.05) is 30.3 Å². The van der Waals surface area contributed by atoms with Gasteiger partial charge in [0.2, 0.25) is 0 Å². The van der Waals surface area contributed by atoms with Crippen molar-refractivity contribution >= 4 is 29.9 Å². The molecule has 136 valence electrons. The second kappa shape index (κ2) is 12.5. The summed E-state index contributed by atoms with van der Waals surface area (Å²) < 4.78 is 10.9. The molecule has 0 amide bonds. The number of benzene rings is 2. The van der Waals surface area contributed by atoms with Gasteiger partial charge in [0.1, 0.15) is 11.5 Å². The molecule has 0 aromatic heterocycles. The number of hydrogen-bond donors (Lipinski definition) is 2. The molecule has 0 aliphatic heterocycles. The van der Waals surface area contributed by atoms with Crippen molar-refractivity contribution < 1.29 is 9.47 Å². The van der Waals surface area contributed by atoms with Crippen molar-refractivity contribution in [1.82, 2.24) is 10.6 Å².